The van der Waals surface area contributed by atoms with Gasteiger partial charge in [-0.15, -0.1) is 0 Å². The third kappa shape index (κ3) is 3.44. The number of amides is 1. The number of nitrogens with one attached hydrogen (secondary N) is 1. The molecule has 3 N–H and O–H groups in total. The van der Waals surface area contributed by atoms with Crippen molar-refractivity contribution in [3.63, 3.8) is 0 Å². The van der Waals surface area contributed by atoms with Crippen LogP contribution >= 0.6 is 11.6 Å². The molecule has 2 aromatic rings. The zero-order valence-corrected chi connectivity index (χ0v) is 12.1. The van der Waals surface area contributed by atoms with Crippen LogP contribution in [0.5, 0.6) is 11.5 Å². The normalized spacial score (nSPS) is 10.2. The van der Waals surface area contributed by atoms with Gasteiger partial charge in [0.1, 0.15) is 0 Å². The van der Waals surface area contributed by atoms with Gasteiger partial charge in [-0.3, -0.25) is 4.79 Å². The SMILES string of the molecule is CCNC(=O)c1ccc(N)c(Oc2cccc(Cl)c2F)c1. The second kappa shape index (κ2) is 6.45. The topological polar surface area (TPSA) is 64.4 Å². The Morgan fingerprint density at radius 1 is 1.33 bits per heavy atom. The van der Waals surface area contributed by atoms with Gasteiger partial charge in [0.2, 0.25) is 0 Å². The lowest BCUT2D eigenvalue weighted by Gasteiger charge is -2.11. The van der Waals surface area contributed by atoms with E-state index in [0.717, 1.165) is 0 Å². The maximum atomic E-state index is 13.8. The summed E-state index contributed by atoms with van der Waals surface area (Å²) in [4.78, 5) is 11.8. The highest BCUT2D eigenvalue weighted by atomic mass is 35.5. The first kappa shape index (κ1) is 15.1. The van der Waals surface area contributed by atoms with Crippen LogP contribution in [0.2, 0.25) is 5.02 Å². The number of hydrogen-bond donors (Lipinski definition) is 2. The number of carbonyl (C=O) groups excluding carboxylic acids is 1. The molecule has 6 heteroatoms. The summed E-state index contributed by atoms with van der Waals surface area (Å²) in [6.45, 7) is 2.32. The minimum absolute atomic E-state index is 0.0500. The van der Waals surface area contributed by atoms with E-state index < -0.39 is 5.82 Å². The van der Waals surface area contributed by atoms with E-state index in [1.54, 1.807) is 12.1 Å². The Kier molecular flexibility index (Phi) is 4.65. The van der Waals surface area contributed by atoms with Crippen LogP contribution in [0.4, 0.5) is 10.1 Å². The summed E-state index contributed by atoms with van der Waals surface area (Å²) >= 11 is 5.69. The highest BCUT2D eigenvalue weighted by molar-refractivity contribution is 6.30. The molecule has 1 amide bonds. The molecule has 0 unspecified atom stereocenters. The van der Waals surface area contributed by atoms with Crippen LogP contribution in [-0.4, -0.2) is 12.5 Å². The van der Waals surface area contributed by atoms with Gasteiger partial charge in [-0.25, -0.2) is 4.39 Å². The predicted molar refractivity (Wildman–Crippen MR) is 80.3 cm³/mol. The smallest absolute Gasteiger partial charge is 0.251 e. The zero-order chi connectivity index (χ0) is 15.4. The minimum Gasteiger partial charge on any atom is -0.452 e. The number of rotatable bonds is 4. The molecule has 110 valence electrons. The molecule has 2 aromatic carbocycles. The van der Waals surface area contributed by atoms with E-state index in [4.69, 9.17) is 22.1 Å². The molecule has 0 heterocycles. The average Bonchev–Trinajstić information content (AvgIpc) is 2.46. The molecule has 2 rings (SSSR count). The van der Waals surface area contributed by atoms with Crippen molar-refractivity contribution in [3.05, 3.63) is 52.8 Å². The number of halogens is 2. The van der Waals surface area contributed by atoms with Crippen molar-refractivity contribution in [2.75, 3.05) is 12.3 Å². The number of nitrogens with two attached hydrogens (primary N) is 1. The van der Waals surface area contributed by atoms with Gasteiger partial charge < -0.3 is 15.8 Å². The number of benzene rings is 2. The number of ether oxygens (including phenoxy) is 1. The van der Waals surface area contributed by atoms with Gasteiger partial charge in [-0.2, -0.15) is 0 Å². The molecule has 4 nitrogen and oxygen atoms in total. The fourth-order valence-corrected chi connectivity index (χ4v) is 1.87. The molecule has 0 aliphatic heterocycles. The molecule has 0 spiro atoms. The Hall–Kier alpha value is -2.27. The molecule has 21 heavy (non-hydrogen) atoms. The summed E-state index contributed by atoms with van der Waals surface area (Å²) in [6.07, 6.45) is 0. The zero-order valence-electron chi connectivity index (χ0n) is 11.3. The van der Waals surface area contributed by atoms with Crippen LogP contribution in [0.15, 0.2) is 36.4 Å². The Bertz CT molecular complexity index is 677. The van der Waals surface area contributed by atoms with Gasteiger partial charge in [-0.1, -0.05) is 17.7 Å². The number of hydrogen-bond acceptors (Lipinski definition) is 3. The van der Waals surface area contributed by atoms with E-state index in [1.165, 1.54) is 24.3 Å². The van der Waals surface area contributed by atoms with Crippen LogP contribution in [0, 0.1) is 5.82 Å². The van der Waals surface area contributed by atoms with Crippen molar-refractivity contribution in [2.45, 2.75) is 6.92 Å². The molecule has 0 aliphatic rings. The third-order valence-corrected chi connectivity index (χ3v) is 3.04. The monoisotopic (exact) mass is 308 g/mol. The molecule has 0 radical (unpaired) electrons. The van der Waals surface area contributed by atoms with Gasteiger partial charge >= 0.3 is 0 Å². The number of anilines is 1. The first-order valence-corrected chi connectivity index (χ1v) is 6.70. The predicted octanol–water partition coefficient (Wildman–Crippen LogP) is 3.60. The quantitative estimate of drug-likeness (QED) is 0.848. The highest BCUT2D eigenvalue weighted by Crippen LogP contribution is 2.32. The first-order chi connectivity index (χ1) is 10.0. The van der Waals surface area contributed by atoms with Crippen molar-refractivity contribution < 1.29 is 13.9 Å². The summed E-state index contributed by atoms with van der Waals surface area (Å²) in [5, 5.41) is 2.61. The van der Waals surface area contributed by atoms with Gasteiger partial charge in [0.15, 0.2) is 17.3 Å². The van der Waals surface area contributed by atoms with Crippen molar-refractivity contribution >= 4 is 23.2 Å². The van der Waals surface area contributed by atoms with E-state index in [1.807, 2.05) is 6.92 Å². The van der Waals surface area contributed by atoms with Gasteiger partial charge in [0.05, 0.1) is 10.7 Å². The van der Waals surface area contributed by atoms with E-state index in [0.29, 0.717) is 17.8 Å². The van der Waals surface area contributed by atoms with Crippen LogP contribution in [0.3, 0.4) is 0 Å². The summed E-state index contributed by atoms with van der Waals surface area (Å²) in [6, 6.07) is 8.97. The van der Waals surface area contributed by atoms with Gasteiger partial charge in [-0.05, 0) is 37.3 Å². The molecule has 0 saturated carbocycles. The Morgan fingerprint density at radius 3 is 2.81 bits per heavy atom. The highest BCUT2D eigenvalue weighted by Gasteiger charge is 2.12. The van der Waals surface area contributed by atoms with Crippen LogP contribution in [0.1, 0.15) is 17.3 Å². The molecular formula is C15H14ClFN2O2. The second-order valence-corrected chi connectivity index (χ2v) is 4.67. The molecule has 0 bridgehead atoms. The van der Waals surface area contributed by atoms with Crippen molar-refractivity contribution in [1.29, 1.82) is 0 Å². The van der Waals surface area contributed by atoms with Crippen molar-refractivity contribution in [1.82, 2.24) is 5.32 Å². The summed E-state index contributed by atoms with van der Waals surface area (Å²) in [5.41, 5.74) is 6.46. The Balaban J connectivity index is 2.33. The Labute approximate surface area is 126 Å². The molecule has 0 atom stereocenters. The lowest BCUT2D eigenvalue weighted by molar-refractivity contribution is 0.0955. The van der Waals surface area contributed by atoms with E-state index >= 15 is 0 Å². The van der Waals surface area contributed by atoms with Gasteiger partial charge in [0.25, 0.3) is 5.91 Å². The maximum absolute atomic E-state index is 13.8. The fourth-order valence-electron chi connectivity index (χ4n) is 1.71. The average molecular weight is 309 g/mol. The lowest BCUT2D eigenvalue weighted by Crippen LogP contribution is -2.22. The largest absolute Gasteiger partial charge is 0.452 e. The van der Waals surface area contributed by atoms with Crippen LogP contribution in [0.25, 0.3) is 0 Å². The second-order valence-electron chi connectivity index (χ2n) is 4.27. The van der Waals surface area contributed by atoms with Gasteiger partial charge in [0, 0.05) is 12.1 Å². The number of carbonyl (C=O) groups is 1. The summed E-state index contributed by atoms with van der Waals surface area (Å²) < 4.78 is 19.2. The lowest BCUT2D eigenvalue weighted by atomic mass is 10.1. The first-order valence-electron chi connectivity index (χ1n) is 6.32. The Morgan fingerprint density at radius 2 is 2.10 bits per heavy atom. The number of nitrogen functional groups attached to an aromatic ring is 1. The van der Waals surface area contributed by atoms with Crippen LogP contribution < -0.4 is 15.8 Å². The standard InChI is InChI=1S/C15H14ClFN2O2/c1-2-19-15(20)9-6-7-11(18)13(8-9)21-12-5-3-4-10(16)14(12)17/h3-8H,2,18H2,1H3,(H,19,20). The molecule has 0 saturated heterocycles. The molecular weight excluding hydrogens is 295 g/mol. The summed E-state index contributed by atoms with van der Waals surface area (Å²) in [7, 11) is 0. The molecule has 0 aliphatic carbocycles. The third-order valence-electron chi connectivity index (χ3n) is 2.75. The maximum Gasteiger partial charge on any atom is 0.251 e. The fraction of sp³-hybridized carbons (Fsp3) is 0.133. The van der Waals surface area contributed by atoms with E-state index in [9.17, 15) is 9.18 Å². The van der Waals surface area contributed by atoms with E-state index in [2.05, 4.69) is 5.32 Å². The summed E-state index contributed by atoms with van der Waals surface area (Å²) in [5.74, 6) is -0.793. The van der Waals surface area contributed by atoms with Crippen LogP contribution in [-0.2, 0) is 0 Å². The van der Waals surface area contributed by atoms with E-state index in [-0.39, 0.29) is 22.4 Å². The molecule has 0 fully saturated rings. The van der Waals surface area contributed by atoms with Crippen molar-refractivity contribution in [3.8, 4) is 11.5 Å². The molecule has 0 aromatic heterocycles. The van der Waals surface area contributed by atoms with Crippen molar-refractivity contribution in [2.24, 2.45) is 0 Å². The minimum atomic E-state index is -0.679.